The molecule has 2 rings (SSSR count). The third kappa shape index (κ3) is 4.39. The molecule has 1 aromatic carbocycles. The van der Waals surface area contributed by atoms with Crippen molar-refractivity contribution in [2.75, 3.05) is 17.7 Å². The fourth-order valence-electron chi connectivity index (χ4n) is 2.42. The summed E-state index contributed by atoms with van der Waals surface area (Å²) in [5, 5.41) is 3.29. The van der Waals surface area contributed by atoms with Gasteiger partial charge in [0.05, 0.1) is 17.5 Å². The number of rotatable bonds is 4. The summed E-state index contributed by atoms with van der Waals surface area (Å²) in [6.07, 6.45) is 4.64. The largest absolute Gasteiger partial charge is 0.397 e. The first-order chi connectivity index (χ1) is 9.54. The van der Waals surface area contributed by atoms with Gasteiger partial charge in [-0.1, -0.05) is 18.5 Å². The molecular formula is C15H21ClN2O2. The maximum absolute atomic E-state index is 11.8. The monoisotopic (exact) mass is 296 g/mol. The van der Waals surface area contributed by atoms with Gasteiger partial charge in [-0.15, -0.1) is 0 Å². The van der Waals surface area contributed by atoms with Crippen LogP contribution in [0.5, 0.6) is 0 Å². The molecule has 1 aromatic rings. The summed E-state index contributed by atoms with van der Waals surface area (Å²) < 4.78 is 5.65. The van der Waals surface area contributed by atoms with Crippen molar-refractivity contribution in [3.05, 3.63) is 23.2 Å². The minimum atomic E-state index is -0.183. The standard InChI is InChI=1S/C15H21ClN2O2/c1-10-2-5-12(6-3-10)20-9-15(19)18-14-7-4-11(16)8-13(14)17/h4,7-8,10,12H,2-3,5-6,9,17H2,1H3,(H,18,19). The summed E-state index contributed by atoms with van der Waals surface area (Å²) in [5.41, 5.74) is 6.81. The summed E-state index contributed by atoms with van der Waals surface area (Å²) in [5.74, 6) is 0.593. The smallest absolute Gasteiger partial charge is 0.250 e. The molecule has 0 unspecified atom stereocenters. The van der Waals surface area contributed by atoms with E-state index < -0.39 is 0 Å². The number of nitrogens with two attached hydrogens (primary N) is 1. The van der Waals surface area contributed by atoms with Crippen LogP contribution in [-0.2, 0) is 9.53 Å². The highest BCUT2D eigenvalue weighted by molar-refractivity contribution is 6.31. The second-order valence-corrected chi connectivity index (χ2v) is 5.91. The third-order valence-corrected chi connectivity index (χ3v) is 3.94. The van der Waals surface area contributed by atoms with Crippen molar-refractivity contribution in [3.8, 4) is 0 Å². The highest BCUT2D eigenvalue weighted by Crippen LogP contribution is 2.26. The molecule has 3 N–H and O–H groups in total. The molecule has 5 heteroatoms. The molecule has 0 aromatic heterocycles. The molecule has 0 spiro atoms. The number of hydrogen-bond acceptors (Lipinski definition) is 3. The zero-order valence-electron chi connectivity index (χ0n) is 11.7. The van der Waals surface area contributed by atoms with Crippen LogP contribution in [0, 0.1) is 5.92 Å². The van der Waals surface area contributed by atoms with Crippen molar-refractivity contribution >= 4 is 28.9 Å². The van der Waals surface area contributed by atoms with Crippen LogP contribution in [-0.4, -0.2) is 18.6 Å². The second-order valence-electron chi connectivity index (χ2n) is 5.47. The van der Waals surface area contributed by atoms with E-state index in [1.165, 1.54) is 12.8 Å². The van der Waals surface area contributed by atoms with Gasteiger partial charge in [0, 0.05) is 5.02 Å². The second kappa shape index (κ2) is 6.95. The number of halogens is 1. The Balaban J connectivity index is 1.78. The van der Waals surface area contributed by atoms with Gasteiger partial charge in [0.1, 0.15) is 6.61 Å². The van der Waals surface area contributed by atoms with E-state index in [-0.39, 0.29) is 18.6 Å². The molecule has 0 atom stereocenters. The minimum Gasteiger partial charge on any atom is -0.397 e. The number of benzene rings is 1. The number of nitrogens with one attached hydrogen (secondary N) is 1. The predicted octanol–water partition coefficient (Wildman–Crippen LogP) is 3.46. The van der Waals surface area contributed by atoms with Crippen LogP contribution >= 0.6 is 11.6 Å². The van der Waals surface area contributed by atoms with Gasteiger partial charge in [0.15, 0.2) is 0 Å². The van der Waals surface area contributed by atoms with Gasteiger partial charge in [-0.3, -0.25) is 4.79 Å². The Morgan fingerprint density at radius 1 is 1.40 bits per heavy atom. The zero-order chi connectivity index (χ0) is 14.5. The van der Waals surface area contributed by atoms with Crippen LogP contribution in [0.4, 0.5) is 11.4 Å². The number of ether oxygens (including phenoxy) is 1. The molecule has 0 radical (unpaired) electrons. The Morgan fingerprint density at radius 3 is 2.75 bits per heavy atom. The molecule has 0 bridgehead atoms. The number of anilines is 2. The maximum atomic E-state index is 11.8. The zero-order valence-corrected chi connectivity index (χ0v) is 12.5. The average molecular weight is 297 g/mol. The minimum absolute atomic E-state index is 0.0705. The van der Waals surface area contributed by atoms with E-state index >= 15 is 0 Å². The summed E-state index contributed by atoms with van der Waals surface area (Å²) in [6, 6.07) is 5.00. The number of nitrogen functional groups attached to an aromatic ring is 1. The van der Waals surface area contributed by atoms with E-state index in [1.807, 2.05) is 0 Å². The van der Waals surface area contributed by atoms with Crippen LogP contribution in [0.3, 0.4) is 0 Å². The predicted molar refractivity (Wildman–Crippen MR) is 81.9 cm³/mol. The van der Waals surface area contributed by atoms with Crippen molar-refractivity contribution in [1.82, 2.24) is 0 Å². The molecule has 0 saturated heterocycles. The molecule has 1 aliphatic carbocycles. The van der Waals surface area contributed by atoms with Gasteiger partial charge in [0.2, 0.25) is 5.91 Å². The molecule has 1 fully saturated rings. The summed E-state index contributed by atoms with van der Waals surface area (Å²) in [7, 11) is 0. The maximum Gasteiger partial charge on any atom is 0.250 e. The number of carbonyl (C=O) groups is 1. The Kier molecular flexibility index (Phi) is 5.26. The van der Waals surface area contributed by atoms with Crippen molar-refractivity contribution in [2.45, 2.75) is 38.7 Å². The van der Waals surface area contributed by atoms with Crippen LogP contribution < -0.4 is 11.1 Å². The van der Waals surface area contributed by atoms with Crippen LogP contribution in [0.2, 0.25) is 5.02 Å². The Bertz CT molecular complexity index is 471. The van der Waals surface area contributed by atoms with Crippen molar-refractivity contribution in [3.63, 3.8) is 0 Å². The molecule has 1 aliphatic rings. The molecule has 20 heavy (non-hydrogen) atoms. The molecule has 1 saturated carbocycles. The first-order valence-corrected chi connectivity index (χ1v) is 7.39. The molecule has 0 heterocycles. The van der Waals surface area contributed by atoms with Gasteiger partial charge in [-0.25, -0.2) is 0 Å². The number of hydrogen-bond donors (Lipinski definition) is 2. The summed E-state index contributed by atoms with van der Waals surface area (Å²) in [4.78, 5) is 11.8. The number of amides is 1. The van der Waals surface area contributed by atoms with Crippen LogP contribution in [0.15, 0.2) is 18.2 Å². The Morgan fingerprint density at radius 2 is 2.10 bits per heavy atom. The highest BCUT2D eigenvalue weighted by Gasteiger charge is 2.19. The average Bonchev–Trinajstić information content (AvgIpc) is 2.41. The summed E-state index contributed by atoms with van der Waals surface area (Å²) in [6.45, 7) is 2.33. The van der Waals surface area contributed by atoms with Crippen molar-refractivity contribution in [2.24, 2.45) is 5.92 Å². The molecular weight excluding hydrogens is 276 g/mol. The lowest BCUT2D eigenvalue weighted by atomic mass is 9.89. The van der Waals surface area contributed by atoms with E-state index in [1.54, 1.807) is 18.2 Å². The molecule has 0 aliphatic heterocycles. The first-order valence-electron chi connectivity index (χ1n) is 7.01. The lowest BCUT2D eigenvalue weighted by Gasteiger charge is -2.26. The Hall–Kier alpha value is -1.26. The SMILES string of the molecule is CC1CCC(OCC(=O)Nc2ccc(Cl)cc2N)CC1. The first kappa shape index (κ1) is 15.1. The van der Waals surface area contributed by atoms with E-state index in [0.29, 0.717) is 16.4 Å². The molecule has 110 valence electrons. The molecule has 4 nitrogen and oxygen atoms in total. The van der Waals surface area contributed by atoms with Crippen molar-refractivity contribution in [1.29, 1.82) is 0 Å². The summed E-state index contributed by atoms with van der Waals surface area (Å²) >= 11 is 5.81. The van der Waals surface area contributed by atoms with Gasteiger partial charge in [-0.2, -0.15) is 0 Å². The van der Waals surface area contributed by atoms with Gasteiger partial charge < -0.3 is 15.8 Å². The fourth-order valence-corrected chi connectivity index (χ4v) is 2.60. The van der Waals surface area contributed by atoms with E-state index in [9.17, 15) is 4.79 Å². The topological polar surface area (TPSA) is 64.3 Å². The molecule has 1 amide bonds. The van der Waals surface area contributed by atoms with Crippen LogP contribution in [0.25, 0.3) is 0 Å². The number of carbonyl (C=O) groups excluding carboxylic acids is 1. The fraction of sp³-hybridized carbons (Fsp3) is 0.533. The van der Waals surface area contributed by atoms with E-state index in [0.717, 1.165) is 18.8 Å². The van der Waals surface area contributed by atoms with E-state index in [2.05, 4.69) is 12.2 Å². The van der Waals surface area contributed by atoms with Gasteiger partial charge >= 0.3 is 0 Å². The Labute approximate surface area is 124 Å². The van der Waals surface area contributed by atoms with Crippen LogP contribution in [0.1, 0.15) is 32.6 Å². The van der Waals surface area contributed by atoms with Crippen molar-refractivity contribution < 1.29 is 9.53 Å². The quantitative estimate of drug-likeness (QED) is 0.836. The van der Waals surface area contributed by atoms with E-state index in [4.69, 9.17) is 22.1 Å². The van der Waals surface area contributed by atoms with Gasteiger partial charge in [-0.05, 0) is 49.8 Å². The lowest BCUT2D eigenvalue weighted by Crippen LogP contribution is -2.26. The third-order valence-electron chi connectivity index (χ3n) is 3.70. The van der Waals surface area contributed by atoms with Gasteiger partial charge in [0.25, 0.3) is 0 Å². The lowest BCUT2D eigenvalue weighted by molar-refractivity contribution is -0.123. The normalized spacial score (nSPS) is 22.5. The highest BCUT2D eigenvalue weighted by atomic mass is 35.5.